The highest BCUT2D eigenvalue weighted by atomic mass is 35.5. The zero-order chi connectivity index (χ0) is 46.3. The molecular weight excluding hydrogens is 810 g/mol. The number of aryl methyl sites for hydroxylation is 1. The van der Waals surface area contributed by atoms with E-state index in [1.165, 1.54) is 35.2 Å². The molecule has 0 saturated carbocycles. The van der Waals surface area contributed by atoms with Crippen LogP contribution in [0.5, 0.6) is 5.75 Å². The van der Waals surface area contributed by atoms with Crippen molar-refractivity contribution in [1.82, 2.24) is 20.5 Å². The van der Waals surface area contributed by atoms with Gasteiger partial charge in [0.05, 0.1) is 23.5 Å². The molecule has 0 fully saturated rings. The predicted octanol–water partition coefficient (Wildman–Crippen LogP) is 8.01. The van der Waals surface area contributed by atoms with E-state index in [4.69, 9.17) is 45.1 Å². The summed E-state index contributed by atoms with van der Waals surface area (Å²) in [4.78, 5) is 91.0. The second-order valence-electron chi connectivity index (χ2n) is 17.6. The van der Waals surface area contributed by atoms with Crippen LogP contribution < -0.4 is 15.4 Å². The molecule has 330 valence electrons. The lowest BCUT2D eigenvalue weighted by Gasteiger charge is -2.26. The van der Waals surface area contributed by atoms with Crippen LogP contribution in [0.2, 0.25) is 5.02 Å². The third-order valence-corrected chi connectivity index (χ3v) is 7.80. The number of aromatic nitrogens is 1. The number of carbonyl (C=O) groups excluding carboxylic acids is 7. The smallest absolute Gasteiger partial charge is 0.414 e. The maximum atomic E-state index is 13.6. The van der Waals surface area contributed by atoms with Gasteiger partial charge in [0, 0.05) is 22.6 Å². The van der Waals surface area contributed by atoms with E-state index in [9.17, 15) is 24.0 Å². The Morgan fingerprint density at radius 1 is 0.754 bits per heavy atom. The molecule has 0 aliphatic rings. The molecule has 0 saturated heterocycles. The van der Waals surface area contributed by atoms with E-state index in [1.807, 2.05) is 39.0 Å². The monoisotopic (exact) mass is 865 g/mol. The minimum absolute atomic E-state index is 0.0394. The molecule has 1 heterocycles. The van der Waals surface area contributed by atoms with Crippen molar-refractivity contribution in [3.63, 3.8) is 0 Å². The summed E-state index contributed by atoms with van der Waals surface area (Å²) >= 11 is 6.59. The first-order chi connectivity index (χ1) is 28.1. The molecule has 61 heavy (non-hydrogen) atoms. The van der Waals surface area contributed by atoms with Crippen molar-refractivity contribution in [3.8, 4) is 5.75 Å². The highest BCUT2D eigenvalue weighted by Crippen LogP contribution is 2.26. The fourth-order valence-corrected chi connectivity index (χ4v) is 5.26. The summed E-state index contributed by atoms with van der Waals surface area (Å²) in [6.45, 7) is 21.4. The molecule has 0 aliphatic carbocycles. The summed E-state index contributed by atoms with van der Waals surface area (Å²) in [5, 5.41) is 5.08. The van der Waals surface area contributed by atoms with Gasteiger partial charge >= 0.3 is 30.3 Å². The van der Waals surface area contributed by atoms with E-state index in [0.29, 0.717) is 11.3 Å². The van der Waals surface area contributed by atoms with Crippen LogP contribution in [-0.2, 0) is 51.8 Å². The topological polar surface area (TPSA) is 209 Å². The van der Waals surface area contributed by atoms with Gasteiger partial charge in [-0.1, -0.05) is 44.5 Å². The van der Waals surface area contributed by atoms with Gasteiger partial charge in [-0.15, -0.1) is 0 Å². The lowest BCUT2D eigenvalue weighted by atomic mass is 9.91. The van der Waals surface area contributed by atoms with Crippen LogP contribution in [0.4, 0.5) is 15.3 Å². The summed E-state index contributed by atoms with van der Waals surface area (Å²) in [5.74, 6) is -1.59. The first-order valence-corrected chi connectivity index (χ1v) is 19.6. The number of rotatable bonds is 10. The van der Waals surface area contributed by atoms with E-state index < -0.39 is 40.9 Å². The van der Waals surface area contributed by atoms with Gasteiger partial charge in [0.1, 0.15) is 29.1 Å². The minimum atomic E-state index is -0.853. The second kappa shape index (κ2) is 21.9. The fraction of sp³-hybridized carbons (Fsp3) is 0.455. The molecule has 0 bridgehead atoms. The lowest BCUT2D eigenvalue weighted by molar-refractivity contribution is -0.191. The molecule has 3 aromatic rings. The Morgan fingerprint density at radius 3 is 1.79 bits per heavy atom. The number of nitrogens with one attached hydrogen (secondary N) is 2. The second-order valence-corrected chi connectivity index (χ2v) is 18.0. The van der Waals surface area contributed by atoms with E-state index >= 15 is 0 Å². The van der Waals surface area contributed by atoms with Crippen molar-refractivity contribution in [2.75, 3.05) is 6.54 Å². The number of aliphatic imine (C=N–C) groups is 1. The molecule has 3 amide bonds. The number of halogens is 1. The number of esters is 2. The summed E-state index contributed by atoms with van der Waals surface area (Å²) in [6, 6.07) is 16.2. The molecule has 0 atom stereocenters. The van der Waals surface area contributed by atoms with Gasteiger partial charge in [-0.25, -0.2) is 19.4 Å². The van der Waals surface area contributed by atoms with Gasteiger partial charge in [0.2, 0.25) is 11.9 Å². The van der Waals surface area contributed by atoms with Crippen molar-refractivity contribution in [2.24, 2.45) is 4.99 Å². The van der Waals surface area contributed by atoms with Crippen molar-refractivity contribution in [1.29, 1.82) is 0 Å². The number of alkyl carbamates (subject to hydrolysis) is 2. The molecule has 0 radical (unpaired) electrons. The van der Waals surface area contributed by atoms with Crippen molar-refractivity contribution in [3.05, 3.63) is 88.2 Å². The third kappa shape index (κ3) is 20.1. The van der Waals surface area contributed by atoms with Crippen LogP contribution in [0.3, 0.4) is 0 Å². The molecule has 0 spiro atoms. The zero-order valence-electron chi connectivity index (χ0n) is 36.8. The minimum Gasteiger partial charge on any atom is -0.459 e. The Bertz CT molecular complexity index is 2050. The maximum absolute atomic E-state index is 13.6. The molecule has 0 unspecified atom stereocenters. The van der Waals surface area contributed by atoms with Gasteiger partial charge in [-0.2, -0.15) is 9.59 Å². The Kier molecular flexibility index (Phi) is 18.3. The molecule has 17 heteroatoms. The van der Waals surface area contributed by atoms with Crippen LogP contribution in [0.1, 0.15) is 117 Å². The predicted molar refractivity (Wildman–Crippen MR) is 226 cm³/mol. The average molecular weight is 866 g/mol. The Labute approximate surface area is 361 Å². The van der Waals surface area contributed by atoms with Gasteiger partial charge in [0.25, 0.3) is 0 Å². The number of guanidine groups is 1. The first kappa shape index (κ1) is 51.0. The number of ether oxygens (including phenoxy) is 4. The molecule has 0 aliphatic heterocycles. The number of benzene rings is 2. The standard InChI is InChI=1S/C43H56ClN5O9.CO2/c1-40(2,3)33-15-13-14-30(45-33)25-49(26-35(51)56-41(4,5)6)34(50)23-19-27-18-22-31(24-32(27)44)55-36(52)28-16-20-29(21-17-28)46-37(47-38(53)57-42(7,8)9)48-39(54)58-43(10,11)12;2-1-3/h13-18,20-22,24H,19,23,25-26H2,1-12H3,(H2,46,47,48,53,54);. The van der Waals surface area contributed by atoms with Gasteiger partial charge < -0.3 is 23.8 Å². The third-order valence-electron chi connectivity index (χ3n) is 7.45. The summed E-state index contributed by atoms with van der Waals surface area (Å²) in [7, 11) is 0. The number of pyridine rings is 1. The quantitative estimate of drug-likeness (QED) is 0.0653. The number of hydrogen-bond donors (Lipinski definition) is 2. The SMILES string of the molecule is CC(C)(C)OC(=O)CN(Cc1cccc(C(C)(C)C)n1)C(=O)CCc1ccc(OC(=O)c2ccc(N=C(NC(=O)OC(C)(C)C)NC(=O)OC(C)(C)C)cc2)cc1Cl.O=C=O. The van der Waals surface area contributed by atoms with Crippen molar-refractivity contribution in [2.45, 2.75) is 125 Å². The highest BCUT2D eigenvalue weighted by Gasteiger charge is 2.25. The van der Waals surface area contributed by atoms with Crippen LogP contribution >= 0.6 is 11.6 Å². The molecule has 1 aromatic heterocycles. The Hall–Kier alpha value is -6.12. The summed E-state index contributed by atoms with van der Waals surface area (Å²) in [6.07, 6.45) is -1.16. The molecule has 3 rings (SSSR count). The van der Waals surface area contributed by atoms with Gasteiger partial charge in [-0.05, 0) is 123 Å². The van der Waals surface area contributed by atoms with Crippen molar-refractivity contribution < 1.29 is 52.5 Å². The van der Waals surface area contributed by atoms with E-state index in [2.05, 4.69) is 15.6 Å². The molecular formula is C44H56ClN5O11. The lowest BCUT2D eigenvalue weighted by Crippen LogP contribution is -2.47. The number of carbonyl (C=O) groups is 5. The Balaban J connectivity index is 0.00000414. The number of hydrogen-bond acceptors (Lipinski definition) is 13. The fourth-order valence-electron chi connectivity index (χ4n) is 4.99. The van der Waals surface area contributed by atoms with Crippen LogP contribution in [-0.4, -0.2) is 75.4 Å². The van der Waals surface area contributed by atoms with E-state index in [-0.39, 0.29) is 71.4 Å². The zero-order valence-corrected chi connectivity index (χ0v) is 37.6. The van der Waals surface area contributed by atoms with Crippen LogP contribution in [0.15, 0.2) is 65.7 Å². The molecule has 2 N–H and O–H groups in total. The highest BCUT2D eigenvalue weighted by molar-refractivity contribution is 6.31. The van der Waals surface area contributed by atoms with Crippen LogP contribution in [0, 0.1) is 0 Å². The average Bonchev–Trinajstić information content (AvgIpc) is 3.08. The summed E-state index contributed by atoms with van der Waals surface area (Å²) < 4.78 is 21.6. The van der Waals surface area contributed by atoms with Gasteiger partial charge in [-0.3, -0.25) is 25.2 Å². The number of nitrogens with zero attached hydrogens (tertiary/aromatic N) is 3. The van der Waals surface area contributed by atoms with Crippen molar-refractivity contribution >= 4 is 59.4 Å². The van der Waals surface area contributed by atoms with E-state index in [0.717, 1.165) is 5.69 Å². The number of amides is 3. The largest absolute Gasteiger partial charge is 0.459 e. The molecule has 16 nitrogen and oxygen atoms in total. The normalized spacial score (nSPS) is 11.4. The van der Waals surface area contributed by atoms with E-state index in [1.54, 1.807) is 74.4 Å². The Morgan fingerprint density at radius 2 is 1.30 bits per heavy atom. The molecule has 2 aromatic carbocycles. The van der Waals surface area contributed by atoms with Crippen LogP contribution in [0.25, 0.3) is 0 Å². The maximum Gasteiger partial charge on any atom is 0.414 e. The van der Waals surface area contributed by atoms with Gasteiger partial charge in [0.15, 0.2) is 0 Å². The first-order valence-electron chi connectivity index (χ1n) is 19.2. The summed E-state index contributed by atoms with van der Waals surface area (Å²) in [5.41, 5.74) is 0.0596.